The van der Waals surface area contributed by atoms with Gasteiger partial charge in [-0.3, -0.25) is 0 Å². The van der Waals surface area contributed by atoms with Crippen LogP contribution in [0, 0.1) is 5.82 Å². The Bertz CT molecular complexity index is 566. The molecule has 3 rings (SSSR count). The molecule has 1 aromatic carbocycles. The van der Waals surface area contributed by atoms with E-state index in [9.17, 15) is 4.39 Å². The second kappa shape index (κ2) is 8.33. The van der Waals surface area contributed by atoms with Crippen LogP contribution >= 0.6 is 0 Å². The van der Waals surface area contributed by atoms with Gasteiger partial charge in [0.1, 0.15) is 5.82 Å². The number of rotatable bonds is 4. The predicted molar refractivity (Wildman–Crippen MR) is 94.8 cm³/mol. The van der Waals surface area contributed by atoms with Crippen LogP contribution in [-0.4, -0.2) is 38.3 Å². The van der Waals surface area contributed by atoms with Gasteiger partial charge in [-0.1, -0.05) is 25.3 Å². The van der Waals surface area contributed by atoms with E-state index in [1.54, 1.807) is 6.07 Å². The lowest BCUT2D eigenvalue weighted by atomic mass is 9.96. The van der Waals surface area contributed by atoms with Crippen LogP contribution in [0.2, 0.25) is 0 Å². The molecule has 1 saturated carbocycles. The van der Waals surface area contributed by atoms with E-state index in [-0.39, 0.29) is 5.82 Å². The topological polar surface area (TPSA) is 62.9 Å². The molecule has 1 heterocycles. The monoisotopic (exact) mass is 334 g/mol. The average Bonchev–Trinajstić information content (AvgIpc) is 2.62. The van der Waals surface area contributed by atoms with Crippen LogP contribution in [0.1, 0.15) is 37.7 Å². The quantitative estimate of drug-likeness (QED) is 0.656. The molecule has 0 spiro atoms. The molecule has 1 aliphatic heterocycles. The minimum atomic E-state index is -0.205. The number of aliphatic imine (C=N–C) groups is 1. The van der Waals surface area contributed by atoms with E-state index in [2.05, 4.69) is 10.3 Å². The molecule has 0 unspecified atom stereocenters. The van der Waals surface area contributed by atoms with Crippen LogP contribution in [0.3, 0.4) is 0 Å². The van der Waals surface area contributed by atoms with Gasteiger partial charge in [0, 0.05) is 19.1 Å². The zero-order valence-corrected chi connectivity index (χ0v) is 14.1. The Morgan fingerprint density at radius 1 is 1.25 bits per heavy atom. The molecule has 1 aromatic rings. The third-order valence-corrected chi connectivity index (χ3v) is 4.75. The first-order chi connectivity index (χ1) is 11.7. The van der Waals surface area contributed by atoms with Gasteiger partial charge >= 0.3 is 0 Å². The molecule has 6 heteroatoms. The Balaban J connectivity index is 1.56. The summed E-state index contributed by atoms with van der Waals surface area (Å²) in [5, 5.41) is 3.28. The van der Waals surface area contributed by atoms with Crippen molar-refractivity contribution in [2.24, 2.45) is 10.7 Å². The maximum atomic E-state index is 14.4. The first-order valence-electron chi connectivity index (χ1n) is 8.90. The first-order valence-corrected chi connectivity index (χ1v) is 8.90. The van der Waals surface area contributed by atoms with E-state index in [0.29, 0.717) is 37.4 Å². The molecule has 0 radical (unpaired) electrons. The maximum Gasteiger partial charge on any atom is 0.189 e. The van der Waals surface area contributed by atoms with E-state index >= 15 is 0 Å². The summed E-state index contributed by atoms with van der Waals surface area (Å²) < 4.78 is 19.7. The van der Waals surface area contributed by atoms with E-state index in [4.69, 9.17) is 10.5 Å². The number of ether oxygens (including phenoxy) is 1. The van der Waals surface area contributed by atoms with Crippen molar-refractivity contribution in [1.29, 1.82) is 0 Å². The molecule has 2 fully saturated rings. The van der Waals surface area contributed by atoms with Gasteiger partial charge in [-0.25, -0.2) is 9.38 Å². The molecule has 132 valence electrons. The Hall–Kier alpha value is -1.82. The highest BCUT2D eigenvalue weighted by Gasteiger charge is 2.16. The largest absolute Gasteiger partial charge is 0.378 e. The van der Waals surface area contributed by atoms with Crippen molar-refractivity contribution in [1.82, 2.24) is 5.32 Å². The molecule has 2 aliphatic rings. The normalized spacial score (nSPS) is 20.2. The lowest BCUT2D eigenvalue weighted by Gasteiger charge is -2.29. The predicted octanol–water partition coefficient (Wildman–Crippen LogP) is 2.40. The third-order valence-electron chi connectivity index (χ3n) is 4.75. The fraction of sp³-hybridized carbons (Fsp3) is 0.611. The van der Waals surface area contributed by atoms with Gasteiger partial charge in [0.15, 0.2) is 5.96 Å². The number of nitrogens with one attached hydrogen (secondary N) is 1. The van der Waals surface area contributed by atoms with Crippen molar-refractivity contribution < 1.29 is 9.13 Å². The average molecular weight is 334 g/mol. The number of anilines is 1. The van der Waals surface area contributed by atoms with Gasteiger partial charge in [-0.05, 0) is 30.5 Å². The van der Waals surface area contributed by atoms with Crippen LogP contribution in [0.5, 0.6) is 0 Å². The summed E-state index contributed by atoms with van der Waals surface area (Å²) in [6.45, 7) is 3.15. The molecule has 24 heavy (non-hydrogen) atoms. The Labute approximate surface area is 143 Å². The van der Waals surface area contributed by atoms with Crippen LogP contribution in [0.25, 0.3) is 0 Å². The lowest BCUT2D eigenvalue weighted by Crippen LogP contribution is -2.41. The van der Waals surface area contributed by atoms with Crippen LogP contribution in [0.4, 0.5) is 10.1 Å². The molecule has 1 aliphatic carbocycles. The number of hydrogen-bond acceptors (Lipinski definition) is 3. The number of morpholine rings is 1. The van der Waals surface area contributed by atoms with Gasteiger partial charge in [-0.15, -0.1) is 0 Å². The van der Waals surface area contributed by atoms with Crippen LogP contribution in [0.15, 0.2) is 23.2 Å². The highest BCUT2D eigenvalue weighted by atomic mass is 19.1. The van der Waals surface area contributed by atoms with E-state index < -0.39 is 0 Å². The van der Waals surface area contributed by atoms with Crippen molar-refractivity contribution in [3.8, 4) is 0 Å². The summed E-state index contributed by atoms with van der Waals surface area (Å²) in [7, 11) is 0. The van der Waals surface area contributed by atoms with Crippen molar-refractivity contribution in [2.45, 2.75) is 44.7 Å². The number of hydrogen-bond donors (Lipinski definition) is 2. The molecule has 5 nitrogen and oxygen atoms in total. The zero-order valence-electron chi connectivity index (χ0n) is 14.1. The summed E-state index contributed by atoms with van der Waals surface area (Å²) in [5.41, 5.74) is 7.43. The molecular weight excluding hydrogens is 307 g/mol. The molecule has 0 atom stereocenters. The number of benzene rings is 1. The van der Waals surface area contributed by atoms with Crippen molar-refractivity contribution in [3.05, 3.63) is 29.6 Å². The number of nitrogens with zero attached hydrogens (tertiary/aromatic N) is 2. The van der Waals surface area contributed by atoms with Gasteiger partial charge in [0.05, 0.1) is 25.4 Å². The maximum absolute atomic E-state index is 14.4. The van der Waals surface area contributed by atoms with E-state index in [1.165, 1.54) is 19.3 Å². The fourth-order valence-corrected chi connectivity index (χ4v) is 3.39. The molecule has 0 aromatic heterocycles. The number of nitrogens with two attached hydrogens (primary N) is 1. The minimum Gasteiger partial charge on any atom is -0.378 e. The van der Waals surface area contributed by atoms with E-state index in [1.807, 2.05) is 17.0 Å². The highest BCUT2D eigenvalue weighted by Crippen LogP contribution is 2.22. The Morgan fingerprint density at radius 3 is 2.71 bits per heavy atom. The van der Waals surface area contributed by atoms with Gasteiger partial charge in [0.2, 0.25) is 0 Å². The molecule has 3 N–H and O–H groups in total. The summed E-state index contributed by atoms with van der Waals surface area (Å²) in [6.07, 6.45) is 6.11. The molecule has 1 saturated heterocycles. The Morgan fingerprint density at radius 2 is 2.00 bits per heavy atom. The second-order valence-corrected chi connectivity index (χ2v) is 6.57. The third kappa shape index (κ3) is 4.60. The standard InChI is InChI=1S/C18H27FN4O/c19-16-12-14(6-7-17(16)23-8-10-24-11-9-23)13-21-18(20)22-15-4-2-1-3-5-15/h6-7,12,15H,1-5,8-11,13H2,(H3,20,21,22). The van der Waals surface area contributed by atoms with Crippen LogP contribution in [-0.2, 0) is 11.3 Å². The summed E-state index contributed by atoms with van der Waals surface area (Å²) in [5.74, 6) is 0.253. The van der Waals surface area contributed by atoms with Gasteiger partial charge in [0.25, 0.3) is 0 Å². The molecule has 0 amide bonds. The SMILES string of the molecule is NC(=NCc1ccc(N2CCOCC2)c(F)c1)NC1CCCCC1. The van der Waals surface area contributed by atoms with Gasteiger partial charge < -0.3 is 20.7 Å². The summed E-state index contributed by atoms with van der Waals surface area (Å²) in [6, 6.07) is 5.74. The smallest absolute Gasteiger partial charge is 0.189 e. The zero-order chi connectivity index (χ0) is 16.8. The van der Waals surface area contributed by atoms with Crippen molar-refractivity contribution >= 4 is 11.6 Å². The van der Waals surface area contributed by atoms with Crippen molar-refractivity contribution in [2.75, 3.05) is 31.2 Å². The number of halogens is 1. The summed E-state index contributed by atoms with van der Waals surface area (Å²) >= 11 is 0. The number of guanidine groups is 1. The highest BCUT2D eigenvalue weighted by molar-refractivity contribution is 5.78. The molecular formula is C18H27FN4O. The van der Waals surface area contributed by atoms with E-state index in [0.717, 1.165) is 31.5 Å². The van der Waals surface area contributed by atoms with Crippen molar-refractivity contribution in [3.63, 3.8) is 0 Å². The summed E-state index contributed by atoms with van der Waals surface area (Å²) in [4.78, 5) is 6.37. The van der Waals surface area contributed by atoms with Crippen LogP contribution < -0.4 is 16.0 Å². The fourth-order valence-electron chi connectivity index (χ4n) is 3.39. The minimum absolute atomic E-state index is 0.205. The Kier molecular flexibility index (Phi) is 5.91. The second-order valence-electron chi connectivity index (χ2n) is 6.57. The molecule has 0 bridgehead atoms. The first kappa shape index (κ1) is 17.0. The van der Waals surface area contributed by atoms with Gasteiger partial charge in [-0.2, -0.15) is 0 Å². The lowest BCUT2D eigenvalue weighted by molar-refractivity contribution is 0.122.